The first-order valence-corrected chi connectivity index (χ1v) is 8.03. The van der Waals surface area contributed by atoms with Crippen molar-refractivity contribution < 1.29 is 4.79 Å². The van der Waals surface area contributed by atoms with Crippen molar-refractivity contribution in [2.45, 2.75) is 44.6 Å². The number of likely N-dealkylation sites (tertiary alicyclic amines) is 1. The van der Waals surface area contributed by atoms with Gasteiger partial charge in [-0.2, -0.15) is 5.10 Å². The van der Waals surface area contributed by atoms with Crippen molar-refractivity contribution >= 4 is 5.91 Å². The number of carbonyl (C=O) groups is 1. The Kier molecular flexibility index (Phi) is 3.40. The lowest BCUT2D eigenvalue weighted by Crippen LogP contribution is -2.40. The number of aromatic amines is 1. The molecule has 4 rings (SSSR count). The van der Waals surface area contributed by atoms with Gasteiger partial charge in [-0.15, -0.1) is 10.2 Å². The fourth-order valence-corrected chi connectivity index (χ4v) is 3.52. The van der Waals surface area contributed by atoms with E-state index in [4.69, 9.17) is 0 Å². The first kappa shape index (κ1) is 13.5. The highest BCUT2D eigenvalue weighted by Gasteiger charge is 2.30. The van der Waals surface area contributed by atoms with Gasteiger partial charge in [0.1, 0.15) is 5.82 Å². The molecular weight excluding hydrogens is 280 g/mol. The van der Waals surface area contributed by atoms with Crippen molar-refractivity contribution in [3.63, 3.8) is 0 Å². The van der Waals surface area contributed by atoms with Gasteiger partial charge in [-0.05, 0) is 31.7 Å². The molecule has 1 saturated heterocycles. The van der Waals surface area contributed by atoms with Crippen molar-refractivity contribution in [1.29, 1.82) is 0 Å². The number of nitrogens with one attached hydrogen (secondary N) is 1. The lowest BCUT2D eigenvalue weighted by Gasteiger charge is -2.32. The summed E-state index contributed by atoms with van der Waals surface area (Å²) in [5.74, 6) is 1.82. The van der Waals surface area contributed by atoms with Gasteiger partial charge in [-0.3, -0.25) is 9.89 Å². The standard InChI is InChI=1S/C15H20N6O/c22-15(14-19-18-13-5-1-2-9-21(13)14)20-8-3-4-11(10-20)12-6-7-16-17-12/h6-7,11H,1-5,8-10H2,(H,16,17)/t11-/m1/s1. The molecule has 0 spiro atoms. The van der Waals surface area contributed by atoms with E-state index >= 15 is 0 Å². The van der Waals surface area contributed by atoms with Gasteiger partial charge in [0.05, 0.1) is 0 Å². The largest absolute Gasteiger partial charge is 0.335 e. The monoisotopic (exact) mass is 300 g/mol. The average molecular weight is 300 g/mol. The fourth-order valence-electron chi connectivity index (χ4n) is 3.52. The van der Waals surface area contributed by atoms with Gasteiger partial charge in [0.25, 0.3) is 5.91 Å². The molecule has 116 valence electrons. The molecule has 0 radical (unpaired) electrons. The van der Waals surface area contributed by atoms with Crippen molar-refractivity contribution in [1.82, 2.24) is 29.9 Å². The number of amides is 1. The molecule has 7 nitrogen and oxygen atoms in total. The highest BCUT2D eigenvalue weighted by Crippen LogP contribution is 2.26. The van der Waals surface area contributed by atoms with Crippen LogP contribution in [0.2, 0.25) is 0 Å². The van der Waals surface area contributed by atoms with Crippen molar-refractivity contribution in [2.24, 2.45) is 0 Å². The zero-order valence-corrected chi connectivity index (χ0v) is 12.5. The van der Waals surface area contributed by atoms with E-state index < -0.39 is 0 Å². The molecule has 1 amide bonds. The molecule has 2 aromatic heterocycles. The number of H-pyrrole nitrogens is 1. The third-order valence-electron chi connectivity index (χ3n) is 4.72. The summed E-state index contributed by atoms with van der Waals surface area (Å²) >= 11 is 0. The third-order valence-corrected chi connectivity index (χ3v) is 4.72. The summed E-state index contributed by atoms with van der Waals surface area (Å²) in [6.07, 6.45) is 7.03. The highest BCUT2D eigenvalue weighted by molar-refractivity contribution is 5.90. The number of piperidine rings is 1. The second-order valence-corrected chi connectivity index (χ2v) is 6.15. The third kappa shape index (κ3) is 2.30. The average Bonchev–Trinajstić information content (AvgIpc) is 3.24. The predicted octanol–water partition coefficient (Wildman–Crippen LogP) is 1.36. The number of aryl methyl sites for hydroxylation is 1. The van der Waals surface area contributed by atoms with Crippen LogP contribution in [0, 0.1) is 0 Å². The minimum Gasteiger partial charge on any atom is -0.335 e. The van der Waals surface area contributed by atoms with E-state index in [1.807, 2.05) is 15.5 Å². The Balaban J connectivity index is 1.54. The van der Waals surface area contributed by atoms with Gasteiger partial charge in [-0.1, -0.05) is 0 Å². The maximum Gasteiger partial charge on any atom is 0.291 e. The van der Waals surface area contributed by atoms with Crippen LogP contribution in [-0.4, -0.2) is 48.9 Å². The summed E-state index contributed by atoms with van der Waals surface area (Å²) in [7, 11) is 0. The SMILES string of the molecule is O=C(c1nnc2n1CCCC2)N1CCC[C@@H](c2ccn[nH]2)C1. The Bertz CT molecular complexity index is 662. The van der Waals surface area contributed by atoms with E-state index in [9.17, 15) is 4.79 Å². The van der Waals surface area contributed by atoms with Crippen LogP contribution in [0.25, 0.3) is 0 Å². The predicted molar refractivity (Wildman–Crippen MR) is 79.4 cm³/mol. The molecule has 0 unspecified atom stereocenters. The summed E-state index contributed by atoms with van der Waals surface area (Å²) in [6, 6.07) is 2.00. The fraction of sp³-hybridized carbons (Fsp3) is 0.600. The van der Waals surface area contributed by atoms with Crippen LogP contribution in [-0.2, 0) is 13.0 Å². The zero-order valence-electron chi connectivity index (χ0n) is 12.5. The van der Waals surface area contributed by atoms with Crippen LogP contribution in [0.1, 0.15) is 53.7 Å². The number of rotatable bonds is 2. The van der Waals surface area contributed by atoms with Crippen LogP contribution < -0.4 is 0 Å². The van der Waals surface area contributed by atoms with Crippen molar-refractivity contribution in [3.05, 3.63) is 29.6 Å². The molecule has 2 aromatic rings. The quantitative estimate of drug-likeness (QED) is 0.908. The molecule has 2 aliphatic heterocycles. The van der Waals surface area contributed by atoms with E-state index in [2.05, 4.69) is 20.4 Å². The topological polar surface area (TPSA) is 79.7 Å². The maximum atomic E-state index is 12.8. The first-order chi connectivity index (χ1) is 10.8. The molecule has 0 bridgehead atoms. The molecule has 0 aromatic carbocycles. The summed E-state index contributed by atoms with van der Waals surface area (Å²) in [5, 5.41) is 15.4. The minimum absolute atomic E-state index is 0.0184. The summed E-state index contributed by atoms with van der Waals surface area (Å²) in [6.45, 7) is 2.39. The Morgan fingerprint density at radius 3 is 3.05 bits per heavy atom. The minimum atomic E-state index is 0.0184. The normalized spacial score (nSPS) is 21.6. The lowest BCUT2D eigenvalue weighted by atomic mass is 9.95. The van der Waals surface area contributed by atoms with Crippen LogP contribution in [0.5, 0.6) is 0 Å². The smallest absolute Gasteiger partial charge is 0.291 e. The van der Waals surface area contributed by atoms with Crippen molar-refractivity contribution in [2.75, 3.05) is 13.1 Å². The molecule has 0 saturated carbocycles. The lowest BCUT2D eigenvalue weighted by molar-refractivity contribution is 0.0686. The number of nitrogens with zero attached hydrogens (tertiary/aromatic N) is 5. The van der Waals surface area contributed by atoms with Gasteiger partial charge >= 0.3 is 0 Å². The molecule has 1 fully saturated rings. The number of aromatic nitrogens is 5. The molecule has 2 aliphatic rings. The molecule has 0 aliphatic carbocycles. The van der Waals surface area contributed by atoms with Gasteiger partial charge < -0.3 is 9.47 Å². The molecule has 1 atom stereocenters. The highest BCUT2D eigenvalue weighted by atomic mass is 16.2. The molecule has 7 heteroatoms. The maximum absolute atomic E-state index is 12.8. The van der Waals surface area contributed by atoms with Crippen LogP contribution in [0.15, 0.2) is 12.3 Å². The van der Waals surface area contributed by atoms with E-state index in [1.54, 1.807) is 6.20 Å². The summed E-state index contributed by atoms with van der Waals surface area (Å²) < 4.78 is 2.01. The number of hydrogen-bond donors (Lipinski definition) is 1. The number of fused-ring (bicyclic) bond motifs is 1. The number of hydrogen-bond acceptors (Lipinski definition) is 4. The Hall–Kier alpha value is -2.18. The first-order valence-electron chi connectivity index (χ1n) is 8.03. The Morgan fingerprint density at radius 2 is 2.18 bits per heavy atom. The van der Waals surface area contributed by atoms with Crippen LogP contribution >= 0.6 is 0 Å². The van der Waals surface area contributed by atoms with Crippen LogP contribution in [0.4, 0.5) is 0 Å². The van der Waals surface area contributed by atoms with E-state index in [-0.39, 0.29) is 5.91 Å². The molecule has 4 heterocycles. The van der Waals surface area contributed by atoms with Gasteiger partial charge in [0, 0.05) is 43.9 Å². The second kappa shape index (κ2) is 5.55. The van der Waals surface area contributed by atoms with Crippen molar-refractivity contribution in [3.8, 4) is 0 Å². The molecule has 1 N–H and O–H groups in total. The zero-order chi connectivity index (χ0) is 14.9. The van der Waals surface area contributed by atoms with E-state index in [1.165, 1.54) is 0 Å². The van der Waals surface area contributed by atoms with Gasteiger partial charge in [-0.25, -0.2) is 0 Å². The van der Waals surface area contributed by atoms with Gasteiger partial charge in [0.2, 0.25) is 5.82 Å². The molecule has 22 heavy (non-hydrogen) atoms. The Labute approximate surface area is 128 Å². The van der Waals surface area contributed by atoms with Crippen LogP contribution in [0.3, 0.4) is 0 Å². The number of carbonyl (C=O) groups excluding carboxylic acids is 1. The molecular formula is C15H20N6O. The summed E-state index contributed by atoms with van der Waals surface area (Å²) in [4.78, 5) is 14.7. The van der Waals surface area contributed by atoms with E-state index in [0.29, 0.717) is 11.7 Å². The Morgan fingerprint density at radius 1 is 1.23 bits per heavy atom. The summed E-state index contributed by atoms with van der Waals surface area (Å²) in [5.41, 5.74) is 1.11. The second-order valence-electron chi connectivity index (χ2n) is 6.15. The van der Waals surface area contributed by atoms with Gasteiger partial charge in [0.15, 0.2) is 0 Å². The van der Waals surface area contributed by atoms with E-state index in [0.717, 1.165) is 63.3 Å².